The highest BCUT2D eigenvalue weighted by Crippen LogP contribution is 2.39. The third kappa shape index (κ3) is 8.16. The standard InChI is InChI=1S/C27H34BrFN2O10S2/c1-3-38-21-8-7-18(28)13-24(21)43(36,37)31-11-9-27(10-12-31)14-20(17-40-27)41-26(33)30-15-19(32)16-39-22-5-4-6-23(25(22)29)42(2,34)35/h4-8,13,19-20,32H,3,9-12,14-17H2,1-2H3,(H,30,33)/t19?,20-/m0/s1. The summed E-state index contributed by atoms with van der Waals surface area (Å²) in [5, 5.41) is 12.6. The Morgan fingerprint density at radius 3 is 2.56 bits per heavy atom. The van der Waals surface area contributed by atoms with Crippen LogP contribution < -0.4 is 14.8 Å². The summed E-state index contributed by atoms with van der Waals surface area (Å²) >= 11 is 3.33. The number of carbonyl (C=O) groups excluding carboxylic acids is 1. The monoisotopic (exact) mass is 708 g/mol. The van der Waals surface area contributed by atoms with E-state index in [4.69, 9.17) is 18.9 Å². The minimum Gasteiger partial charge on any atom is -0.492 e. The van der Waals surface area contributed by atoms with Crippen molar-refractivity contribution >= 4 is 41.9 Å². The summed E-state index contributed by atoms with van der Waals surface area (Å²) in [4.78, 5) is 11.9. The lowest BCUT2D eigenvalue weighted by molar-refractivity contribution is -0.0325. The first-order valence-corrected chi connectivity index (χ1v) is 17.7. The molecule has 0 radical (unpaired) electrons. The molecule has 16 heteroatoms. The molecule has 2 saturated heterocycles. The van der Waals surface area contributed by atoms with Crippen LogP contribution in [0.2, 0.25) is 0 Å². The number of sulfone groups is 1. The summed E-state index contributed by atoms with van der Waals surface area (Å²) in [7, 11) is -7.62. The molecule has 2 N–H and O–H groups in total. The van der Waals surface area contributed by atoms with Gasteiger partial charge in [-0.3, -0.25) is 0 Å². The quantitative estimate of drug-likeness (QED) is 0.356. The Bertz CT molecular complexity index is 1530. The van der Waals surface area contributed by atoms with Crippen LogP contribution in [0.25, 0.3) is 0 Å². The molecule has 1 unspecified atom stereocenters. The summed E-state index contributed by atoms with van der Waals surface area (Å²) in [6.45, 7) is 2.01. The zero-order chi connectivity index (χ0) is 31.4. The number of hydrogen-bond donors (Lipinski definition) is 2. The van der Waals surface area contributed by atoms with Crippen molar-refractivity contribution in [3.05, 3.63) is 46.7 Å². The molecule has 0 aromatic heterocycles. The summed E-state index contributed by atoms with van der Waals surface area (Å²) in [5.41, 5.74) is -0.630. The summed E-state index contributed by atoms with van der Waals surface area (Å²) in [5.74, 6) is -1.12. The van der Waals surface area contributed by atoms with Crippen molar-refractivity contribution in [1.29, 1.82) is 0 Å². The fraction of sp³-hybridized carbons (Fsp3) is 0.519. The number of carbonyl (C=O) groups is 1. The van der Waals surface area contributed by atoms with E-state index in [2.05, 4.69) is 21.2 Å². The van der Waals surface area contributed by atoms with Gasteiger partial charge in [-0.05, 0) is 50.1 Å². The molecule has 1 amide bonds. The number of amides is 1. The molecule has 2 fully saturated rings. The number of aliphatic hydroxyl groups is 1. The van der Waals surface area contributed by atoms with Crippen LogP contribution in [0.5, 0.6) is 11.5 Å². The fourth-order valence-electron chi connectivity index (χ4n) is 4.99. The van der Waals surface area contributed by atoms with Gasteiger partial charge in [0.05, 0.1) is 25.4 Å². The van der Waals surface area contributed by atoms with Crippen molar-refractivity contribution in [2.75, 3.05) is 45.7 Å². The Kier molecular flexibility index (Phi) is 10.6. The van der Waals surface area contributed by atoms with Crippen LogP contribution in [0, 0.1) is 5.82 Å². The van der Waals surface area contributed by atoms with Crippen molar-refractivity contribution in [2.24, 2.45) is 0 Å². The average molecular weight is 710 g/mol. The number of nitrogens with one attached hydrogen (secondary N) is 1. The third-order valence-corrected chi connectivity index (χ3v) is 10.7. The van der Waals surface area contributed by atoms with Gasteiger partial charge in [0.25, 0.3) is 0 Å². The van der Waals surface area contributed by atoms with Crippen molar-refractivity contribution in [3.63, 3.8) is 0 Å². The molecule has 0 saturated carbocycles. The smallest absolute Gasteiger partial charge is 0.407 e. The van der Waals surface area contributed by atoms with Gasteiger partial charge in [0, 0.05) is 30.2 Å². The van der Waals surface area contributed by atoms with Gasteiger partial charge >= 0.3 is 6.09 Å². The minimum atomic E-state index is -3.82. The van der Waals surface area contributed by atoms with E-state index in [1.165, 1.54) is 22.5 Å². The van der Waals surface area contributed by atoms with Crippen molar-refractivity contribution in [2.45, 2.75) is 53.8 Å². The number of halogens is 2. The lowest BCUT2D eigenvalue weighted by atomic mass is 9.89. The van der Waals surface area contributed by atoms with Crippen LogP contribution in [-0.4, -0.2) is 95.9 Å². The van der Waals surface area contributed by atoms with Crippen LogP contribution in [0.3, 0.4) is 0 Å². The molecule has 0 aliphatic carbocycles. The maximum absolute atomic E-state index is 14.4. The van der Waals surface area contributed by atoms with E-state index in [9.17, 15) is 31.1 Å². The van der Waals surface area contributed by atoms with Gasteiger partial charge in [0.2, 0.25) is 10.0 Å². The topological polar surface area (TPSA) is 158 Å². The maximum atomic E-state index is 14.4. The first-order valence-electron chi connectivity index (χ1n) is 13.5. The highest BCUT2D eigenvalue weighted by atomic mass is 79.9. The number of nitrogens with zero attached hydrogens (tertiary/aromatic N) is 1. The first-order chi connectivity index (χ1) is 20.2. The van der Waals surface area contributed by atoms with Gasteiger partial charge in [0.1, 0.15) is 34.4 Å². The number of alkyl carbamates (subject to hydrolysis) is 1. The number of sulfonamides is 1. The Labute approximate surface area is 258 Å². The summed E-state index contributed by atoms with van der Waals surface area (Å²) < 4.78 is 88.7. The lowest BCUT2D eigenvalue weighted by Gasteiger charge is -2.37. The zero-order valence-electron chi connectivity index (χ0n) is 23.6. The number of aliphatic hydroxyl groups excluding tert-OH is 1. The molecule has 43 heavy (non-hydrogen) atoms. The molecular formula is C27H34BrFN2O10S2. The normalized spacial score (nSPS) is 19.6. The predicted molar refractivity (Wildman–Crippen MR) is 156 cm³/mol. The van der Waals surface area contributed by atoms with E-state index in [1.54, 1.807) is 19.1 Å². The second-order valence-electron chi connectivity index (χ2n) is 10.3. The molecule has 2 atom stereocenters. The molecule has 2 aromatic rings. The maximum Gasteiger partial charge on any atom is 0.407 e. The number of ether oxygens (including phenoxy) is 4. The van der Waals surface area contributed by atoms with E-state index < -0.39 is 61.1 Å². The zero-order valence-corrected chi connectivity index (χ0v) is 26.8. The molecule has 2 aliphatic rings. The fourth-order valence-corrected chi connectivity index (χ4v) is 7.85. The van der Waals surface area contributed by atoms with Gasteiger partial charge in [-0.1, -0.05) is 22.0 Å². The van der Waals surface area contributed by atoms with Crippen molar-refractivity contribution in [3.8, 4) is 11.5 Å². The molecule has 2 heterocycles. The number of piperidine rings is 1. The van der Waals surface area contributed by atoms with E-state index in [1.807, 2.05) is 0 Å². The second kappa shape index (κ2) is 13.6. The minimum absolute atomic E-state index is 0.0880. The van der Waals surface area contributed by atoms with E-state index in [0.717, 1.165) is 12.3 Å². The molecule has 1 spiro atoms. The first kappa shape index (κ1) is 33.4. The summed E-state index contributed by atoms with van der Waals surface area (Å²) in [6.07, 6.45) is -0.519. The Morgan fingerprint density at radius 1 is 1.16 bits per heavy atom. The van der Waals surface area contributed by atoms with Crippen LogP contribution in [0.1, 0.15) is 26.2 Å². The third-order valence-electron chi connectivity index (χ3n) is 7.15. The molecule has 2 aliphatic heterocycles. The predicted octanol–water partition coefficient (Wildman–Crippen LogP) is 2.87. The average Bonchev–Trinajstić information content (AvgIpc) is 3.33. The lowest BCUT2D eigenvalue weighted by Crippen LogP contribution is -2.46. The van der Waals surface area contributed by atoms with Crippen molar-refractivity contribution < 1.29 is 50.1 Å². The molecular weight excluding hydrogens is 675 g/mol. The van der Waals surface area contributed by atoms with Crippen LogP contribution in [0.4, 0.5) is 9.18 Å². The Hall–Kier alpha value is -2.50. The van der Waals surface area contributed by atoms with Gasteiger partial charge in [-0.15, -0.1) is 0 Å². The van der Waals surface area contributed by atoms with Gasteiger partial charge in [-0.25, -0.2) is 26.0 Å². The largest absolute Gasteiger partial charge is 0.492 e. The number of benzene rings is 2. The van der Waals surface area contributed by atoms with Gasteiger partial charge in [-0.2, -0.15) is 4.31 Å². The number of hydrogen-bond acceptors (Lipinski definition) is 10. The van der Waals surface area contributed by atoms with E-state index in [-0.39, 0.29) is 42.6 Å². The van der Waals surface area contributed by atoms with Crippen LogP contribution in [-0.2, 0) is 29.3 Å². The molecule has 12 nitrogen and oxygen atoms in total. The molecule has 238 valence electrons. The van der Waals surface area contributed by atoms with E-state index in [0.29, 0.717) is 30.3 Å². The second-order valence-corrected chi connectivity index (χ2v) is 15.1. The summed E-state index contributed by atoms with van der Waals surface area (Å²) in [6, 6.07) is 8.51. The Balaban J connectivity index is 1.23. The molecule has 0 bridgehead atoms. The number of rotatable bonds is 11. The highest BCUT2D eigenvalue weighted by Gasteiger charge is 2.46. The molecule has 4 rings (SSSR count). The Morgan fingerprint density at radius 2 is 1.88 bits per heavy atom. The van der Waals surface area contributed by atoms with E-state index >= 15 is 0 Å². The van der Waals surface area contributed by atoms with Gasteiger partial charge in [0.15, 0.2) is 21.4 Å². The highest BCUT2D eigenvalue weighted by molar-refractivity contribution is 9.10. The van der Waals surface area contributed by atoms with Gasteiger partial charge < -0.3 is 29.4 Å². The van der Waals surface area contributed by atoms with Crippen molar-refractivity contribution in [1.82, 2.24) is 9.62 Å². The van der Waals surface area contributed by atoms with Crippen LogP contribution in [0.15, 0.2) is 50.7 Å². The molecule has 2 aromatic carbocycles. The SMILES string of the molecule is CCOc1ccc(Br)cc1S(=O)(=O)N1CCC2(CC1)C[C@H](OC(=O)NCC(O)COc1cccc(S(C)(=O)=O)c1F)CO2. The van der Waals surface area contributed by atoms with Crippen LogP contribution >= 0.6 is 15.9 Å².